The first-order valence-electron chi connectivity index (χ1n) is 7.95. The van der Waals surface area contributed by atoms with Crippen LogP contribution >= 0.6 is 0 Å². The van der Waals surface area contributed by atoms with Crippen molar-refractivity contribution >= 4 is 0 Å². The van der Waals surface area contributed by atoms with Gasteiger partial charge < -0.3 is 14.9 Å². The van der Waals surface area contributed by atoms with Crippen LogP contribution in [0.15, 0.2) is 42.5 Å². The second-order valence-corrected chi connectivity index (χ2v) is 5.41. The van der Waals surface area contributed by atoms with Gasteiger partial charge in [-0.05, 0) is 42.4 Å². The number of halogens is 1. The Balaban J connectivity index is 2.17. The standard InChI is InChI=1S/C19H23FO3/c20-18-16(7-4-12-21)10-11-17(19(18)23-14-13-22)9-8-15-5-2-1-3-6-15/h1-3,5-6,10-11,21-22H,4,7-9,12-14H2. The van der Waals surface area contributed by atoms with Crippen LogP contribution in [-0.2, 0) is 19.3 Å². The highest BCUT2D eigenvalue weighted by atomic mass is 19.1. The van der Waals surface area contributed by atoms with Gasteiger partial charge in [-0.25, -0.2) is 4.39 Å². The van der Waals surface area contributed by atoms with Crippen LogP contribution in [0.1, 0.15) is 23.1 Å². The molecule has 0 heterocycles. The first-order valence-corrected chi connectivity index (χ1v) is 7.95. The second kappa shape index (κ2) is 9.28. The summed E-state index contributed by atoms with van der Waals surface area (Å²) in [4.78, 5) is 0. The highest BCUT2D eigenvalue weighted by Gasteiger charge is 2.15. The fourth-order valence-electron chi connectivity index (χ4n) is 2.52. The second-order valence-electron chi connectivity index (χ2n) is 5.41. The Morgan fingerprint density at radius 2 is 1.57 bits per heavy atom. The molecule has 0 aliphatic carbocycles. The maximum atomic E-state index is 14.6. The van der Waals surface area contributed by atoms with Crippen molar-refractivity contribution in [3.05, 3.63) is 65.0 Å². The molecule has 2 N–H and O–H groups in total. The van der Waals surface area contributed by atoms with Crippen LogP contribution in [0.25, 0.3) is 0 Å². The third-order valence-corrected chi connectivity index (χ3v) is 3.73. The molecule has 0 aliphatic heterocycles. The molecule has 0 atom stereocenters. The fraction of sp³-hybridized carbons (Fsp3) is 0.368. The van der Waals surface area contributed by atoms with Gasteiger partial charge in [0.05, 0.1) is 6.61 Å². The van der Waals surface area contributed by atoms with E-state index in [-0.39, 0.29) is 31.4 Å². The Hall–Kier alpha value is -1.91. The largest absolute Gasteiger partial charge is 0.488 e. The third kappa shape index (κ3) is 5.05. The summed E-state index contributed by atoms with van der Waals surface area (Å²) in [5, 5.41) is 17.9. The van der Waals surface area contributed by atoms with E-state index in [4.69, 9.17) is 14.9 Å². The average Bonchev–Trinajstić information content (AvgIpc) is 2.59. The minimum atomic E-state index is -0.377. The fourth-order valence-corrected chi connectivity index (χ4v) is 2.52. The molecule has 0 saturated carbocycles. The van der Waals surface area contributed by atoms with Crippen molar-refractivity contribution in [3.8, 4) is 5.75 Å². The highest BCUT2D eigenvalue weighted by molar-refractivity contribution is 5.40. The highest BCUT2D eigenvalue weighted by Crippen LogP contribution is 2.28. The number of hydrogen-bond donors (Lipinski definition) is 2. The lowest BCUT2D eigenvalue weighted by atomic mass is 10.00. The van der Waals surface area contributed by atoms with E-state index < -0.39 is 0 Å². The van der Waals surface area contributed by atoms with Gasteiger partial charge in [0.15, 0.2) is 11.6 Å². The molecular weight excluding hydrogens is 295 g/mol. The zero-order chi connectivity index (χ0) is 16.5. The van der Waals surface area contributed by atoms with E-state index in [0.29, 0.717) is 24.8 Å². The van der Waals surface area contributed by atoms with Crippen LogP contribution in [0.5, 0.6) is 5.75 Å². The third-order valence-electron chi connectivity index (χ3n) is 3.73. The molecule has 2 aromatic carbocycles. The Bertz CT molecular complexity index is 599. The molecule has 0 amide bonds. The molecule has 0 bridgehead atoms. The van der Waals surface area contributed by atoms with Gasteiger partial charge in [-0.15, -0.1) is 0 Å². The zero-order valence-electron chi connectivity index (χ0n) is 13.2. The summed E-state index contributed by atoms with van der Waals surface area (Å²) in [6.45, 7) is -0.0564. The van der Waals surface area contributed by atoms with Gasteiger partial charge >= 0.3 is 0 Å². The van der Waals surface area contributed by atoms with E-state index in [1.54, 1.807) is 6.07 Å². The molecule has 4 heteroatoms. The molecule has 2 rings (SSSR count). The van der Waals surface area contributed by atoms with Crippen molar-refractivity contribution in [1.29, 1.82) is 0 Å². The summed E-state index contributed by atoms with van der Waals surface area (Å²) in [6, 6.07) is 13.7. The smallest absolute Gasteiger partial charge is 0.168 e. The number of aliphatic hydroxyl groups excluding tert-OH is 2. The van der Waals surface area contributed by atoms with Crippen LogP contribution in [0.4, 0.5) is 4.39 Å². The SMILES string of the molecule is OCCCc1ccc(CCc2ccccc2)c(OCCO)c1F. The quantitative estimate of drug-likeness (QED) is 0.747. The van der Waals surface area contributed by atoms with Gasteiger partial charge in [-0.3, -0.25) is 0 Å². The zero-order valence-corrected chi connectivity index (χ0v) is 13.2. The Morgan fingerprint density at radius 3 is 2.26 bits per heavy atom. The summed E-state index contributed by atoms with van der Waals surface area (Å²) in [5.74, 6) is -0.150. The molecule has 124 valence electrons. The number of benzene rings is 2. The van der Waals surface area contributed by atoms with Gasteiger partial charge in [-0.2, -0.15) is 0 Å². The van der Waals surface area contributed by atoms with E-state index in [0.717, 1.165) is 12.0 Å². The molecule has 0 unspecified atom stereocenters. The lowest BCUT2D eigenvalue weighted by molar-refractivity contribution is 0.195. The van der Waals surface area contributed by atoms with Gasteiger partial charge in [0, 0.05) is 6.61 Å². The maximum absolute atomic E-state index is 14.6. The first-order chi connectivity index (χ1) is 11.3. The lowest BCUT2D eigenvalue weighted by Gasteiger charge is -2.14. The van der Waals surface area contributed by atoms with E-state index in [9.17, 15) is 4.39 Å². The van der Waals surface area contributed by atoms with Crippen molar-refractivity contribution < 1.29 is 19.3 Å². The molecule has 0 aromatic heterocycles. The first kappa shape index (κ1) is 17.4. The van der Waals surface area contributed by atoms with Gasteiger partial charge in [0.25, 0.3) is 0 Å². The van der Waals surface area contributed by atoms with Crippen LogP contribution in [0.2, 0.25) is 0 Å². The van der Waals surface area contributed by atoms with Gasteiger partial charge in [0.2, 0.25) is 0 Å². The van der Waals surface area contributed by atoms with Crippen molar-refractivity contribution in [1.82, 2.24) is 0 Å². The number of rotatable bonds is 9. The normalized spacial score (nSPS) is 10.7. The Labute approximate surface area is 136 Å². The molecule has 0 saturated heterocycles. The maximum Gasteiger partial charge on any atom is 0.168 e. The number of aryl methyl sites for hydroxylation is 3. The predicted octanol–water partition coefficient (Wildman–Crippen LogP) is 2.91. The summed E-state index contributed by atoms with van der Waals surface area (Å²) in [7, 11) is 0. The number of aliphatic hydroxyl groups is 2. The van der Waals surface area contributed by atoms with Crippen molar-refractivity contribution in [3.63, 3.8) is 0 Å². The minimum absolute atomic E-state index is 0.0298. The summed E-state index contributed by atoms with van der Waals surface area (Å²) >= 11 is 0. The predicted molar refractivity (Wildman–Crippen MR) is 88.2 cm³/mol. The monoisotopic (exact) mass is 318 g/mol. The van der Waals surface area contributed by atoms with E-state index >= 15 is 0 Å². The molecule has 0 spiro atoms. The van der Waals surface area contributed by atoms with Crippen LogP contribution in [-0.4, -0.2) is 30.0 Å². The Morgan fingerprint density at radius 1 is 0.826 bits per heavy atom. The number of ether oxygens (including phenoxy) is 1. The van der Waals surface area contributed by atoms with Crippen molar-refractivity contribution in [2.24, 2.45) is 0 Å². The molecular formula is C19H23FO3. The minimum Gasteiger partial charge on any atom is -0.488 e. The van der Waals surface area contributed by atoms with E-state index in [2.05, 4.69) is 0 Å². The summed E-state index contributed by atoms with van der Waals surface area (Å²) < 4.78 is 20.1. The van der Waals surface area contributed by atoms with E-state index in [1.807, 2.05) is 36.4 Å². The summed E-state index contributed by atoms with van der Waals surface area (Å²) in [6.07, 6.45) is 2.45. The van der Waals surface area contributed by atoms with Crippen LogP contribution in [0.3, 0.4) is 0 Å². The van der Waals surface area contributed by atoms with Crippen molar-refractivity contribution in [2.75, 3.05) is 19.8 Å². The van der Waals surface area contributed by atoms with Gasteiger partial charge in [0.1, 0.15) is 6.61 Å². The van der Waals surface area contributed by atoms with Crippen LogP contribution in [0, 0.1) is 5.82 Å². The van der Waals surface area contributed by atoms with Crippen LogP contribution < -0.4 is 4.74 Å². The average molecular weight is 318 g/mol. The molecule has 0 aliphatic rings. The number of hydrogen-bond acceptors (Lipinski definition) is 3. The van der Waals surface area contributed by atoms with E-state index in [1.165, 1.54) is 5.56 Å². The van der Waals surface area contributed by atoms with Gasteiger partial charge in [-0.1, -0.05) is 42.5 Å². The van der Waals surface area contributed by atoms with Crippen molar-refractivity contribution in [2.45, 2.75) is 25.7 Å². The Kier molecular flexibility index (Phi) is 7.04. The molecule has 3 nitrogen and oxygen atoms in total. The molecule has 0 radical (unpaired) electrons. The topological polar surface area (TPSA) is 49.7 Å². The molecule has 0 fully saturated rings. The molecule has 23 heavy (non-hydrogen) atoms. The lowest BCUT2D eigenvalue weighted by Crippen LogP contribution is -2.08. The summed E-state index contributed by atoms with van der Waals surface area (Å²) in [5.41, 5.74) is 2.52. The molecule has 2 aromatic rings.